The summed E-state index contributed by atoms with van der Waals surface area (Å²) in [6.45, 7) is 4.03. The standard InChI is InChI=1S/C22H23N3O3S/c1-13-7-5-6-8-16(13)25-22-20(14(2)24-25)21(29-12-19(26)23-22)15-9-10-17(27-3)18(11-15)28-4/h5-11,21H,12H2,1-4H3,(H,23,26)/t21-/m1/s1. The Labute approximate surface area is 174 Å². The molecule has 6 nitrogen and oxygen atoms in total. The van der Waals surface area contributed by atoms with E-state index in [-0.39, 0.29) is 11.2 Å². The highest BCUT2D eigenvalue weighted by Crippen LogP contribution is 2.45. The second kappa shape index (κ2) is 7.83. The monoisotopic (exact) mass is 409 g/mol. The smallest absolute Gasteiger partial charge is 0.235 e. The number of benzene rings is 2. The number of para-hydroxylation sites is 1. The second-order valence-electron chi connectivity index (χ2n) is 6.90. The molecule has 4 rings (SSSR count). The number of nitrogens with zero attached hydrogens (tertiary/aromatic N) is 2. The fraction of sp³-hybridized carbons (Fsp3) is 0.273. The quantitative estimate of drug-likeness (QED) is 0.697. The van der Waals surface area contributed by atoms with Crippen LogP contribution >= 0.6 is 11.8 Å². The van der Waals surface area contributed by atoms with Crippen LogP contribution < -0.4 is 14.8 Å². The summed E-state index contributed by atoms with van der Waals surface area (Å²) in [5.74, 6) is 2.40. The molecule has 0 aliphatic carbocycles. The van der Waals surface area contributed by atoms with E-state index in [4.69, 9.17) is 14.6 Å². The summed E-state index contributed by atoms with van der Waals surface area (Å²) in [6, 6.07) is 13.9. The third-order valence-electron chi connectivity index (χ3n) is 5.06. The molecule has 0 radical (unpaired) electrons. The Kier molecular flexibility index (Phi) is 5.24. The van der Waals surface area contributed by atoms with Crippen molar-refractivity contribution in [2.24, 2.45) is 0 Å². The van der Waals surface area contributed by atoms with Crippen molar-refractivity contribution in [3.63, 3.8) is 0 Å². The molecule has 7 heteroatoms. The third-order valence-corrected chi connectivity index (χ3v) is 6.33. The van der Waals surface area contributed by atoms with Crippen LogP contribution in [0.4, 0.5) is 5.82 Å². The molecule has 0 unspecified atom stereocenters. The van der Waals surface area contributed by atoms with E-state index >= 15 is 0 Å². The molecule has 2 heterocycles. The molecule has 0 saturated heterocycles. The maximum Gasteiger partial charge on any atom is 0.235 e. The first-order valence-electron chi connectivity index (χ1n) is 9.32. The molecule has 29 heavy (non-hydrogen) atoms. The number of amides is 1. The predicted octanol–water partition coefficient (Wildman–Crippen LogP) is 4.28. The molecule has 0 fully saturated rings. The van der Waals surface area contributed by atoms with Gasteiger partial charge in [0.2, 0.25) is 5.91 Å². The zero-order valence-electron chi connectivity index (χ0n) is 16.9. The molecule has 150 valence electrons. The van der Waals surface area contributed by atoms with Crippen molar-refractivity contribution in [3.05, 3.63) is 64.8 Å². The number of aryl methyl sites for hydroxylation is 2. The first-order chi connectivity index (χ1) is 14.0. The summed E-state index contributed by atoms with van der Waals surface area (Å²) < 4.78 is 12.7. The first-order valence-corrected chi connectivity index (χ1v) is 10.4. The lowest BCUT2D eigenvalue weighted by Crippen LogP contribution is -2.16. The molecule has 1 amide bonds. The van der Waals surface area contributed by atoms with Crippen LogP contribution in [-0.4, -0.2) is 35.7 Å². The normalized spacial score (nSPS) is 16.0. The molecule has 0 spiro atoms. The van der Waals surface area contributed by atoms with Crippen LogP contribution in [0.5, 0.6) is 11.5 Å². The lowest BCUT2D eigenvalue weighted by atomic mass is 10.0. The van der Waals surface area contributed by atoms with E-state index in [1.165, 1.54) is 0 Å². The minimum absolute atomic E-state index is 0.0334. The topological polar surface area (TPSA) is 65.4 Å². The van der Waals surface area contributed by atoms with E-state index in [1.54, 1.807) is 26.0 Å². The molecule has 1 aromatic heterocycles. The van der Waals surface area contributed by atoms with Gasteiger partial charge in [-0.25, -0.2) is 4.68 Å². The number of carbonyl (C=O) groups is 1. The van der Waals surface area contributed by atoms with Crippen LogP contribution in [0.25, 0.3) is 5.69 Å². The van der Waals surface area contributed by atoms with Gasteiger partial charge in [-0.15, -0.1) is 11.8 Å². The summed E-state index contributed by atoms with van der Waals surface area (Å²) in [5.41, 5.74) is 4.98. The van der Waals surface area contributed by atoms with Crippen LogP contribution in [0.1, 0.15) is 27.6 Å². The van der Waals surface area contributed by atoms with Crippen LogP contribution in [0.3, 0.4) is 0 Å². The average molecular weight is 410 g/mol. The highest BCUT2D eigenvalue weighted by atomic mass is 32.2. The largest absolute Gasteiger partial charge is 0.493 e. The van der Waals surface area contributed by atoms with Gasteiger partial charge in [-0.05, 0) is 43.2 Å². The summed E-state index contributed by atoms with van der Waals surface area (Å²) in [7, 11) is 3.24. The van der Waals surface area contributed by atoms with Gasteiger partial charge < -0.3 is 14.8 Å². The van der Waals surface area contributed by atoms with E-state index in [0.29, 0.717) is 17.3 Å². The van der Waals surface area contributed by atoms with Gasteiger partial charge in [-0.3, -0.25) is 4.79 Å². The highest BCUT2D eigenvalue weighted by molar-refractivity contribution is 8.00. The van der Waals surface area contributed by atoms with Crippen molar-refractivity contribution in [3.8, 4) is 17.2 Å². The fourth-order valence-corrected chi connectivity index (χ4v) is 4.82. The highest BCUT2D eigenvalue weighted by Gasteiger charge is 2.31. The SMILES string of the molecule is COc1ccc([C@H]2SCC(=O)Nc3c2c(C)nn3-c2ccccc2C)cc1OC. The summed E-state index contributed by atoms with van der Waals surface area (Å²) in [6.07, 6.45) is 0. The van der Waals surface area contributed by atoms with Crippen molar-refractivity contribution in [1.82, 2.24) is 9.78 Å². The van der Waals surface area contributed by atoms with E-state index in [9.17, 15) is 4.79 Å². The number of carbonyl (C=O) groups excluding carboxylic acids is 1. The van der Waals surface area contributed by atoms with Crippen molar-refractivity contribution in [2.45, 2.75) is 19.1 Å². The van der Waals surface area contributed by atoms with E-state index < -0.39 is 0 Å². The van der Waals surface area contributed by atoms with Crippen molar-refractivity contribution in [2.75, 3.05) is 25.3 Å². The Balaban J connectivity index is 1.89. The number of aromatic nitrogens is 2. The van der Waals surface area contributed by atoms with Crippen LogP contribution in [0, 0.1) is 13.8 Å². The van der Waals surface area contributed by atoms with Gasteiger partial charge in [0.1, 0.15) is 5.82 Å². The van der Waals surface area contributed by atoms with Crippen molar-refractivity contribution < 1.29 is 14.3 Å². The number of rotatable bonds is 4. The molecule has 1 aliphatic heterocycles. The van der Waals surface area contributed by atoms with E-state index in [1.807, 2.05) is 61.0 Å². The minimum atomic E-state index is -0.0541. The van der Waals surface area contributed by atoms with Gasteiger partial charge in [0.15, 0.2) is 11.5 Å². The zero-order chi connectivity index (χ0) is 20.5. The number of methoxy groups -OCH3 is 2. The number of ether oxygens (including phenoxy) is 2. The van der Waals surface area contributed by atoms with Crippen LogP contribution in [0.15, 0.2) is 42.5 Å². The number of hydrogen-bond acceptors (Lipinski definition) is 5. The van der Waals surface area contributed by atoms with Crippen LogP contribution in [0.2, 0.25) is 0 Å². The average Bonchev–Trinajstić information content (AvgIpc) is 2.93. The Morgan fingerprint density at radius 3 is 2.59 bits per heavy atom. The Bertz CT molecular complexity index is 1080. The summed E-state index contributed by atoms with van der Waals surface area (Å²) in [4.78, 5) is 12.5. The van der Waals surface area contributed by atoms with Gasteiger partial charge >= 0.3 is 0 Å². The van der Waals surface area contributed by atoms with Gasteiger partial charge in [0.05, 0.1) is 36.6 Å². The zero-order valence-corrected chi connectivity index (χ0v) is 17.7. The Morgan fingerprint density at radius 2 is 1.86 bits per heavy atom. The maximum atomic E-state index is 12.5. The number of thioether (sulfide) groups is 1. The molecule has 1 atom stereocenters. The molecular weight excluding hydrogens is 386 g/mol. The Hall–Kier alpha value is -2.93. The van der Waals surface area contributed by atoms with Crippen molar-refractivity contribution >= 4 is 23.5 Å². The molecule has 0 bridgehead atoms. The minimum Gasteiger partial charge on any atom is -0.493 e. The first kappa shape index (κ1) is 19.4. The maximum absolute atomic E-state index is 12.5. The molecule has 0 saturated carbocycles. The summed E-state index contributed by atoms with van der Waals surface area (Å²) >= 11 is 1.59. The number of anilines is 1. The third kappa shape index (κ3) is 3.46. The van der Waals surface area contributed by atoms with E-state index in [2.05, 4.69) is 5.32 Å². The Morgan fingerprint density at radius 1 is 1.10 bits per heavy atom. The number of fused-ring (bicyclic) bond motifs is 1. The van der Waals surface area contributed by atoms with Gasteiger partial charge in [-0.2, -0.15) is 5.10 Å². The second-order valence-corrected chi connectivity index (χ2v) is 7.99. The predicted molar refractivity (Wildman–Crippen MR) is 116 cm³/mol. The lowest BCUT2D eigenvalue weighted by molar-refractivity contribution is -0.113. The summed E-state index contributed by atoms with van der Waals surface area (Å²) in [5, 5.41) is 7.80. The molecule has 3 aromatic rings. The van der Waals surface area contributed by atoms with Gasteiger partial charge in [-0.1, -0.05) is 24.3 Å². The fourth-order valence-electron chi connectivity index (χ4n) is 3.64. The van der Waals surface area contributed by atoms with Crippen molar-refractivity contribution in [1.29, 1.82) is 0 Å². The van der Waals surface area contributed by atoms with Gasteiger partial charge in [0, 0.05) is 5.56 Å². The number of hydrogen-bond donors (Lipinski definition) is 1. The van der Waals surface area contributed by atoms with E-state index in [0.717, 1.165) is 33.9 Å². The van der Waals surface area contributed by atoms with Gasteiger partial charge in [0.25, 0.3) is 0 Å². The lowest BCUT2D eigenvalue weighted by Gasteiger charge is -2.17. The number of nitrogens with one attached hydrogen (secondary N) is 1. The molecule has 1 aliphatic rings. The van der Waals surface area contributed by atoms with Crippen LogP contribution in [-0.2, 0) is 4.79 Å². The molecule has 1 N–H and O–H groups in total. The molecular formula is C22H23N3O3S. The molecule has 2 aromatic carbocycles.